The van der Waals surface area contributed by atoms with Crippen LogP contribution in [-0.2, 0) is 6.18 Å². The van der Waals surface area contributed by atoms with Crippen molar-refractivity contribution in [3.63, 3.8) is 0 Å². The third-order valence-corrected chi connectivity index (χ3v) is 3.81. The molecule has 1 fully saturated rings. The molecule has 2 aromatic rings. The Balaban J connectivity index is 1.65. The molecule has 0 spiro atoms. The Morgan fingerprint density at radius 2 is 1.88 bits per heavy atom. The number of anilines is 1. The summed E-state index contributed by atoms with van der Waals surface area (Å²) >= 11 is 0. The van der Waals surface area contributed by atoms with E-state index in [1.54, 1.807) is 12.4 Å². The zero-order chi connectivity index (χ0) is 17.2. The van der Waals surface area contributed by atoms with Crippen LogP contribution in [0.1, 0.15) is 24.1 Å². The van der Waals surface area contributed by atoms with Crippen molar-refractivity contribution < 1.29 is 17.9 Å². The average Bonchev–Trinajstić information content (AvgIpc) is 2.57. The summed E-state index contributed by atoms with van der Waals surface area (Å²) in [5, 5.41) is 0. The third kappa shape index (κ3) is 3.93. The van der Waals surface area contributed by atoms with Gasteiger partial charge < -0.3 is 9.64 Å². The topological polar surface area (TPSA) is 51.1 Å². The number of aromatic nitrogens is 3. The van der Waals surface area contributed by atoms with E-state index in [0.29, 0.717) is 18.2 Å². The first-order valence-electron chi connectivity index (χ1n) is 7.65. The van der Waals surface area contributed by atoms with Crippen molar-refractivity contribution in [2.75, 3.05) is 18.0 Å². The summed E-state index contributed by atoms with van der Waals surface area (Å²) < 4.78 is 43.5. The predicted octanol–water partition coefficient (Wildman–Crippen LogP) is 3.25. The van der Waals surface area contributed by atoms with E-state index in [1.165, 1.54) is 12.3 Å². The molecule has 0 aliphatic carbocycles. The van der Waals surface area contributed by atoms with E-state index >= 15 is 0 Å². The van der Waals surface area contributed by atoms with Crippen LogP contribution in [0.4, 0.5) is 18.9 Å². The summed E-state index contributed by atoms with van der Waals surface area (Å²) in [5.41, 5.74) is 0.716. The van der Waals surface area contributed by atoms with E-state index in [1.807, 2.05) is 11.8 Å². The van der Waals surface area contributed by atoms with Crippen LogP contribution in [0.3, 0.4) is 0 Å². The zero-order valence-electron chi connectivity index (χ0n) is 13.1. The molecule has 1 aliphatic rings. The van der Waals surface area contributed by atoms with E-state index in [2.05, 4.69) is 15.0 Å². The van der Waals surface area contributed by atoms with Crippen molar-refractivity contribution in [2.45, 2.75) is 32.0 Å². The number of pyridine rings is 1. The molecule has 0 bridgehead atoms. The molecule has 3 rings (SSSR count). The fraction of sp³-hybridized carbons (Fsp3) is 0.438. The molecule has 1 atom stereocenters. The minimum atomic E-state index is -4.42. The second-order valence-electron chi connectivity index (χ2n) is 5.77. The van der Waals surface area contributed by atoms with Crippen molar-refractivity contribution in [3.05, 3.63) is 42.0 Å². The number of alkyl halides is 3. The van der Waals surface area contributed by atoms with Gasteiger partial charge in [0.2, 0.25) is 0 Å². The van der Waals surface area contributed by atoms with E-state index in [9.17, 15) is 13.2 Å². The first-order valence-corrected chi connectivity index (χ1v) is 7.65. The summed E-state index contributed by atoms with van der Waals surface area (Å²) in [7, 11) is 0. The van der Waals surface area contributed by atoms with Gasteiger partial charge in [0.25, 0.3) is 0 Å². The number of piperidine rings is 1. The van der Waals surface area contributed by atoms with Gasteiger partial charge in [0.05, 0.1) is 18.4 Å². The molecule has 0 aromatic carbocycles. The van der Waals surface area contributed by atoms with Crippen molar-refractivity contribution in [3.8, 4) is 6.01 Å². The molecule has 0 N–H and O–H groups in total. The van der Waals surface area contributed by atoms with Crippen molar-refractivity contribution in [2.24, 2.45) is 0 Å². The lowest BCUT2D eigenvalue weighted by Gasteiger charge is -2.33. The van der Waals surface area contributed by atoms with Crippen LogP contribution in [0.15, 0.2) is 30.7 Å². The summed E-state index contributed by atoms with van der Waals surface area (Å²) in [6.45, 7) is 3.20. The Morgan fingerprint density at radius 1 is 1.12 bits per heavy atom. The fourth-order valence-corrected chi connectivity index (χ4v) is 2.60. The lowest BCUT2D eigenvalue weighted by atomic mass is 10.1. The second-order valence-corrected chi connectivity index (χ2v) is 5.77. The summed E-state index contributed by atoms with van der Waals surface area (Å²) in [6, 6.07) is 2.77. The SMILES string of the molecule is Cc1cnc(OC2CCCN(c3ccc(C(F)(F)F)nc3)C2)nc1. The Hall–Kier alpha value is -2.38. The standard InChI is InChI=1S/C16H17F3N4O/c1-11-7-21-15(22-8-11)24-13-3-2-6-23(10-13)12-4-5-14(20-9-12)16(17,18)19/h4-5,7-9,13H,2-3,6,10H2,1H3. The molecular weight excluding hydrogens is 321 g/mol. The van der Waals surface area contributed by atoms with Crippen LogP contribution in [0.25, 0.3) is 0 Å². The average molecular weight is 338 g/mol. The molecule has 3 heterocycles. The van der Waals surface area contributed by atoms with Crippen LogP contribution >= 0.6 is 0 Å². The Bertz CT molecular complexity index is 673. The predicted molar refractivity (Wildman–Crippen MR) is 81.9 cm³/mol. The normalized spacial score (nSPS) is 18.5. The van der Waals surface area contributed by atoms with Crippen LogP contribution in [-0.4, -0.2) is 34.1 Å². The van der Waals surface area contributed by atoms with Gasteiger partial charge in [0, 0.05) is 18.9 Å². The van der Waals surface area contributed by atoms with Gasteiger partial charge in [0.15, 0.2) is 0 Å². The lowest BCUT2D eigenvalue weighted by molar-refractivity contribution is -0.141. The van der Waals surface area contributed by atoms with Gasteiger partial charge in [-0.25, -0.2) is 15.0 Å². The maximum Gasteiger partial charge on any atom is 0.433 e. The largest absolute Gasteiger partial charge is 0.458 e. The monoisotopic (exact) mass is 338 g/mol. The first-order chi connectivity index (χ1) is 11.4. The number of hydrogen-bond donors (Lipinski definition) is 0. The minimum Gasteiger partial charge on any atom is -0.458 e. The molecular formula is C16H17F3N4O. The maximum atomic E-state index is 12.6. The highest BCUT2D eigenvalue weighted by molar-refractivity contribution is 5.45. The highest BCUT2D eigenvalue weighted by atomic mass is 19.4. The van der Waals surface area contributed by atoms with Gasteiger partial charge in [-0.2, -0.15) is 13.2 Å². The lowest BCUT2D eigenvalue weighted by Crippen LogP contribution is -2.41. The third-order valence-electron chi connectivity index (χ3n) is 3.81. The molecule has 2 aromatic heterocycles. The smallest absolute Gasteiger partial charge is 0.433 e. The molecule has 0 saturated carbocycles. The van der Waals surface area contributed by atoms with Gasteiger partial charge in [-0.1, -0.05) is 0 Å². The van der Waals surface area contributed by atoms with E-state index in [4.69, 9.17) is 4.74 Å². The van der Waals surface area contributed by atoms with E-state index in [-0.39, 0.29) is 6.10 Å². The summed E-state index contributed by atoms with van der Waals surface area (Å²) in [5.74, 6) is 0. The quantitative estimate of drug-likeness (QED) is 0.860. The molecule has 0 amide bonds. The minimum absolute atomic E-state index is 0.108. The molecule has 8 heteroatoms. The number of aryl methyl sites for hydroxylation is 1. The van der Waals surface area contributed by atoms with Crippen molar-refractivity contribution in [1.29, 1.82) is 0 Å². The Labute approximate surface area is 137 Å². The van der Waals surface area contributed by atoms with E-state index in [0.717, 1.165) is 31.0 Å². The Morgan fingerprint density at radius 3 is 2.50 bits per heavy atom. The van der Waals surface area contributed by atoms with E-state index < -0.39 is 11.9 Å². The molecule has 1 saturated heterocycles. The highest BCUT2D eigenvalue weighted by Crippen LogP contribution is 2.29. The van der Waals surface area contributed by atoms with Crippen LogP contribution in [0.5, 0.6) is 6.01 Å². The van der Waals surface area contributed by atoms with Gasteiger partial charge in [-0.15, -0.1) is 0 Å². The first kappa shape index (κ1) is 16.5. The van der Waals surface area contributed by atoms with Gasteiger partial charge in [-0.05, 0) is 37.5 Å². The molecule has 24 heavy (non-hydrogen) atoms. The highest BCUT2D eigenvalue weighted by Gasteiger charge is 2.32. The van der Waals surface area contributed by atoms with Crippen LogP contribution in [0, 0.1) is 6.92 Å². The molecule has 1 aliphatic heterocycles. The molecule has 1 unspecified atom stereocenters. The zero-order valence-corrected chi connectivity index (χ0v) is 13.1. The molecule has 128 valence electrons. The number of halogens is 3. The summed E-state index contributed by atoms with van der Waals surface area (Å²) in [6.07, 6.45) is 1.82. The van der Waals surface area contributed by atoms with Crippen molar-refractivity contribution in [1.82, 2.24) is 15.0 Å². The van der Waals surface area contributed by atoms with Crippen LogP contribution < -0.4 is 9.64 Å². The van der Waals surface area contributed by atoms with Crippen LogP contribution in [0.2, 0.25) is 0 Å². The number of rotatable bonds is 3. The Kier molecular flexibility index (Phi) is 4.55. The van der Waals surface area contributed by atoms with Gasteiger partial charge in [-0.3, -0.25) is 0 Å². The second kappa shape index (κ2) is 6.62. The fourth-order valence-electron chi connectivity index (χ4n) is 2.60. The maximum absolute atomic E-state index is 12.6. The number of hydrogen-bond acceptors (Lipinski definition) is 5. The number of ether oxygens (including phenoxy) is 1. The van der Waals surface area contributed by atoms with Crippen molar-refractivity contribution >= 4 is 5.69 Å². The molecule has 5 nitrogen and oxygen atoms in total. The summed E-state index contributed by atoms with van der Waals surface area (Å²) in [4.78, 5) is 13.7. The molecule has 0 radical (unpaired) electrons. The number of nitrogens with zero attached hydrogens (tertiary/aromatic N) is 4. The van der Waals surface area contributed by atoms with Gasteiger partial charge in [0.1, 0.15) is 11.8 Å². The van der Waals surface area contributed by atoms with Gasteiger partial charge >= 0.3 is 12.2 Å².